The number of thioether (sulfide) groups is 1. The van der Waals surface area contributed by atoms with E-state index in [2.05, 4.69) is 18.8 Å². The van der Waals surface area contributed by atoms with Crippen molar-refractivity contribution in [2.24, 2.45) is 17.3 Å². The number of aliphatic carboxylic acids is 1. The van der Waals surface area contributed by atoms with Crippen molar-refractivity contribution in [1.29, 1.82) is 0 Å². The van der Waals surface area contributed by atoms with Crippen LogP contribution in [0.15, 0.2) is 22.0 Å². The number of nitrogens with zero attached hydrogens (tertiary/aromatic N) is 2. The number of carbonyl (C=O) groups is 3. The lowest BCUT2D eigenvalue weighted by atomic mass is 9.93. The topological polar surface area (TPSA) is 87.2 Å². The molecule has 7 nitrogen and oxygen atoms in total. The summed E-state index contributed by atoms with van der Waals surface area (Å²) in [6.45, 7) is 14.8. The molecule has 2 aliphatic heterocycles. The molecular formula is C31H46N2O5S. The molecule has 216 valence electrons. The van der Waals surface area contributed by atoms with E-state index in [0.717, 1.165) is 43.9 Å². The number of amides is 2. The van der Waals surface area contributed by atoms with Crippen LogP contribution in [0.3, 0.4) is 0 Å². The molecule has 0 aromatic rings. The molecule has 2 amide bonds. The summed E-state index contributed by atoms with van der Waals surface area (Å²) in [5.41, 5.74) is -0.803. The van der Waals surface area contributed by atoms with Crippen molar-refractivity contribution >= 4 is 29.7 Å². The van der Waals surface area contributed by atoms with Crippen LogP contribution in [0.25, 0.3) is 0 Å². The first-order chi connectivity index (χ1) is 18.1. The summed E-state index contributed by atoms with van der Waals surface area (Å²) in [5.74, 6) is 6.00. The maximum Gasteiger partial charge on any atom is 0.410 e. The molecule has 39 heavy (non-hydrogen) atoms. The summed E-state index contributed by atoms with van der Waals surface area (Å²) in [5, 5.41) is 9.91. The van der Waals surface area contributed by atoms with Gasteiger partial charge in [0.25, 0.3) is 0 Å². The molecular weight excluding hydrogens is 512 g/mol. The van der Waals surface area contributed by atoms with E-state index in [1.165, 1.54) is 0 Å². The lowest BCUT2D eigenvalue weighted by Crippen LogP contribution is -2.54. The molecule has 1 saturated heterocycles. The Hall–Kier alpha value is -2.40. The Labute approximate surface area is 238 Å². The minimum atomic E-state index is -1.01. The van der Waals surface area contributed by atoms with Gasteiger partial charge in [0.1, 0.15) is 5.60 Å². The van der Waals surface area contributed by atoms with Crippen LogP contribution in [-0.2, 0) is 14.3 Å². The molecule has 1 unspecified atom stereocenters. The number of carbonyl (C=O) groups excluding carboxylic acids is 2. The second-order valence-electron chi connectivity index (χ2n) is 13.2. The minimum absolute atomic E-state index is 0.0763. The van der Waals surface area contributed by atoms with Crippen molar-refractivity contribution in [3.05, 3.63) is 22.0 Å². The number of likely N-dealkylation sites (tertiary alicyclic amines) is 1. The highest BCUT2D eigenvalue weighted by Crippen LogP contribution is 2.36. The van der Waals surface area contributed by atoms with Gasteiger partial charge >= 0.3 is 12.1 Å². The third-order valence-electron chi connectivity index (χ3n) is 7.33. The average Bonchev–Trinajstić information content (AvgIpc) is 3.06. The van der Waals surface area contributed by atoms with Gasteiger partial charge in [-0.3, -0.25) is 4.79 Å². The summed E-state index contributed by atoms with van der Waals surface area (Å²) in [7, 11) is 0. The fourth-order valence-corrected chi connectivity index (χ4v) is 6.15. The lowest BCUT2D eigenvalue weighted by Gasteiger charge is -2.43. The number of ether oxygens (including phenoxy) is 1. The van der Waals surface area contributed by atoms with Gasteiger partial charge in [-0.2, -0.15) is 0 Å². The van der Waals surface area contributed by atoms with Gasteiger partial charge in [-0.05, 0) is 91.7 Å². The quantitative estimate of drug-likeness (QED) is 0.315. The Bertz CT molecular complexity index is 1050. The largest absolute Gasteiger partial charge is 0.477 e. The van der Waals surface area contributed by atoms with Crippen molar-refractivity contribution in [3.8, 4) is 11.8 Å². The molecule has 2 fully saturated rings. The first kappa shape index (κ1) is 31.1. The molecule has 1 N–H and O–H groups in total. The van der Waals surface area contributed by atoms with Crippen LogP contribution in [0, 0.1) is 29.1 Å². The number of hydrogen-bond acceptors (Lipinski definition) is 5. The third-order valence-corrected chi connectivity index (χ3v) is 8.32. The summed E-state index contributed by atoms with van der Waals surface area (Å²) < 4.78 is 5.57. The van der Waals surface area contributed by atoms with E-state index in [0.29, 0.717) is 36.8 Å². The summed E-state index contributed by atoms with van der Waals surface area (Å²) >= 11 is 1.15. The fraction of sp³-hybridized carbons (Fsp3) is 0.710. The fourth-order valence-electron chi connectivity index (χ4n) is 5.30. The zero-order chi connectivity index (χ0) is 29.0. The number of carboxylic acids is 1. The zero-order valence-electron chi connectivity index (χ0n) is 24.7. The van der Waals surface area contributed by atoms with Gasteiger partial charge in [0.05, 0.1) is 15.9 Å². The Balaban J connectivity index is 1.92. The van der Waals surface area contributed by atoms with Crippen molar-refractivity contribution in [3.63, 3.8) is 0 Å². The van der Waals surface area contributed by atoms with Gasteiger partial charge in [0, 0.05) is 30.5 Å². The van der Waals surface area contributed by atoms with Crippen molar-refractivity contribution in [2.45, 2.75) is 111 Å². The van der Waals surface area contributed by atoms with E-state index in [1.54, 1.807) is 11.0 Å². The molecule has 3 atom stereocenters. The highest BCUT2D eigenvalue weighted by molar-refractivity contribution is 8.07. The van der Waals surface area contributed by atoms with Crippen molar-refractivity contribution in [2.75, 3.05) is 13.1 Å². The minimum Gasteiger partial charge on any atom is -0.477 e. The van der Waals surface area contributed by atoms with E-state index in [4.69, 9.17) is 4.74 Å². The molecule has 1 aliphatic carbocycles. The van der Waals surface area contributed by atoms with E-state index < -0.39 is 17.6 Å². The molecule has 8 heteroatoms. The van der Waals surface area contributed by atoms with Crippen LogP contribution >= 0.6 is 11.8 Å². The molecule has 3 aliphatic rings. The summed E-state index contributed by atoms with van der Waals surface area (Å²) in [6.07, 6.45) is 9.44. The molecule has 1 saturated carbocycles. The standard InChI is InChI=1S/C31H46N2O5S/c1-21-9-8-10-22(12-11-21)27(34)33(23-14-17-32(18-15-23)29(37)38-31(5,6)7)24-19-25(13-16-30(2,3)4)39-26(20-24)28(35)36/h19-24H,8-12,14-15,17-18H2,1-7H3,(H,35,36)/t21-,22-,24?/m0/s1. The van der Waals surface area contributed by atoms with Gasteiger partial charge in [0.2, 0.25) is 5.91 Å². The number of hydrogen-bond donors (Lipinski definition) is 1. The van der Waals surface area contributed by atoms with E-state index in [-0.39, 0.29) is 34.3 Å². The van der Waals surface area contributed by atoms with E-state index >= 15 is 0 Å². The van der Waals surface area contributed by atoms with Crippen LogP contribution in [0.4, 0.5) is 4.79 Å². The molecule has 0 bridgehead atoms. The SMILES string of the molecule is C[C@H]1CCC[C@H](C(=O)N(C2C=C(C#CC(C)(C)C)SC(C(=O)O)=C2)C2CCN(C(=O)OC(C)(C)C)CC2)CC1. The number of allylic oxidation sites excluding steroid dienone is 1. The second-order valence-corrected chi connectivity index (χ2v) is 14.3. The maximum atomic E-state index is 14.2. The monoisotopic (exact) mass is 558 g/mol. The molecule has 3 rings (SSSR count). The zero-order valence-corrected chi connectivity index (χ0v) is 25.5. The van der Waals surface area contributed by atoms with Crippen LogP contribution < -0.4 is 0 Å². The molecule has 0 aromatic carbocycles. The maximum absolute atomic E-state index is 14.2. The third kappa shape index (κ3) is 9.34. The van der Waals surface area contributed by atoms with Crippen LogP contribution in [-0.4, -0.2) is 63.7 Å². The van der Waals surface area contributed by atoms with Gasteiger partial charge in [0.15, 0.2) is 0 Å². The number of carboxylic acid groups (broad SMARTS) is 1. The predicted octanol–water partition coefficient (Wildman–Crippen LogP) is 6.45. The molecule has 0 radical (unpaired) electrons. The highest BCUT2D eigenvalue weighted by Gasteiger charge is 2.38. The first-order valence-corrected chi connectivity index (χ1v) is 15.1. The molecule has 0 spiro atoms. The summed E-state index contributed by atoms with van der Waals surface area (Å²) in [4.78, 5) is 43.5. The average molecular weight is 559 g/mol. The van der Waals surface area contributed by atoms with E-state index in [9.17, 15) is 19.5 Å². The van der Waals surface area contributed by atoms with Crippen molar-refractivity contribution < 1.29 is 24.2 Å². The molecule has 0 aromatic heterocycles. The Morgan fingerprint density at radius 2 is 1.67 bits per heavy atom. The van der Waals surface area contributed by atoms with Crippen LogP contribution in [0.2, 0.25) is 0 Å². The van der Waals surface area contributed by atoms with Crippen molar-refractivity contribution in [1.82, 2.24) is 9.80 Å². The molecule has 2 heterocycles. The van der Waals surface area contributed by atoms with Crippen LogP contribution in [0.5, 0.6) is 0 Å². The Kier molecular flexibility index (Phi) is 10.3. The van der Waals surface area contributed by atoms with Gasteiger partial charge in [-0.1, -0.05) is 43.4 Å². The van der Waals surface area contributed by atoms with Crippen LogP contribution in [0.1, 0.15) is 93.4 Å². The second kappa shape index (κ2) is 12.8. The van der Waals surface area contributed by atoms with Gasteiger partial charge in [-0.15, -0.1) is 0 Å². The Morgan fingerprint density at radius 3 is 2.26 bits per heavy atom. The van der Waals surface area contributed by atoms with Gasteiger partial charge in [-0.25, -0.2) is 9.59 Å². The number of piperidine rings is 1. The predicted molar refractivity (Wildman–Crippen MR) is 156 cm³/mol. The van der Waals surface area contributed by atoms with E-state index in [1.807, 2.05) is 52.5 Å². The Morgan fingerprint density at radius 1 is 1.00 bits per heavy atom. The number of rotatable bonds is 4. The first-order valence-electron chi connectivity index (χ1n) is 14.3. The highest BCUT2D eigenvalue weighted by atomic mass is 32.2. The smallest absolute Gasteiger partial charge is 0.410 e. The van der Waals surface area contributed by atoms with Gasteiger partial charge < -0.3 is 19.6 Å². The summed E-state index contributed by atoms with van der Waals surface area (Å²) in [6, 6.07) is -0.600. The lowest BCUT2D eigenvalue weighted by molar-refractivity contribution is -0.140. The normalized spacial score (nSPS) is 24.9.